The van der Waals surface area contributed by atoms with E-state index < -0.39 is 0 Å². The zero-order chi connectivity index (χ0) is 20.9. The maximum Gasteiger partial charge on any atom is 0.255 e. The molecule has 6 heteroatoms. The van der Waals surface area contributed by atoms with Crippen molar-refractivity contribution in [3.63, 3.8) is 0 Å². The van der Waals surface area contributed by atoms with Gasteiger partial charge in [0.25, 0.3) is 5.91 Å². The van der Waals surface area contributed by atoms with Crippen LogP contribution in [0.4, 0.5) is 5.69 Å². The molecule has 1 fully saturated rings. The van der Waals surface area contributed by atoms with Crippen molar-refractivity contribution in [2.75, 3.05) is 18.4 Å². The van der Waals surface area contributed by atoms with E-state index in [1.54, 1.807) is 12.1 Å². The topological polar surface area (TPSA) is 67.6 Å². The minimum Gasteiger partial charge on any atom is -0.489 e. The number of nitrogens with one attached hydrogen (secondary N) is 1. The molecule has 0 bridgehead atoms. The number of amides is 1. The zero-order valence-electron chi connectivity index (χ0n) is 17.5. The van der Waals surface area contributed by atoms with Gasteiger partial charge in [0.1, 0.15) is 18.1 Å². The van der Waals surface area contributed by atoms with E-state index in [1.165, 1.54) is 18.4 Å². The minimum atomic E-state index is -0.156. The van der Waals surface area contributed by atoms with Crippen LogP contribution in [0.2, 0.25) is 0 Å². The fraction of sp³-hybridized carbons (Fsp3) is 0.333. The third kappa shape index (κ3) is 4.89. The number of aryl methyl sites for hydroxylation is 2. The molecule has 2 aromatic carbocycles. The maximum absolute atomic E-state index is 12.8. The van der Waals surface area contributed by atoms with Crippen molar-refractivity contribution in [3.05, 3.63) is 76.7 Å². The molecule has 0 atom stereocenters. The first kappa shape index (κ1) is 20.2. The molecule has 6 nitrogen and oxygen atoms in total. The van der Waals surface area contributed by atoms with Crippen LogP contribution in [0.1, 0.15) is 45.8 Å². The largest absolute Gasteiger partial charge is 0.489 e. The molecule has 1 aromatic heterocycles. The number of carbonyl (C=O) groups excluding carboxylic acids is 1. The van der Waals surface area contributed by atoms with Crippen molar-refractivity contribution in [1.29, 1.82) is 0 Å². The van der Waals surface area contributed by atoms with Crippen molar-refractivity contribution < 1.29 is 14.1 Å². The van der Waals surface area contributed by atoms with Crippen LogP contribution >= 0.6 is 0 Å². The van der Waals surface area contributed by atoms with Crippen LogP contribution in [0.25, 0.3) is 0 Å². The highest BCUT2D eigenvalue weighted by atomic mass is 16.5. The normalized spacial score (nSPS) is 14.1. The van der Waals surface area contributed by atoms with Crippen molar-refractivity contribution in [2.45, 2.75) is 39.8 Å². The van der Waals surface area contributed by atoms with E-state index in [1.807, 2.05) is 44.2 Å². The molecule has 1 amide bonds. The smallest absolute Gasteiger partial charge is 0.255 e. The predicted molar refractivity (Wildman–Crippen MR) is 116 cm³/mol. The van der Waals surface area contributed by atoms with E-state index in [-0.39, 0.29) is 5.91 Å². The third-order valence-electron chi connectivity index (χ3n) is 5.45. The van der Waals surface area contributed by atoms with Crippen molar-refractivity contribution in [2.24, 2.45) is 0 Å². The summed E-state index contributed by atoms with van der Waals surface area (Å²) in [5.41, 5.74) is 4.32. The van der Waals surface area contributed by atoms with Crippen LogP contribution in [0.5, 0.6) is 5.75 Å². The van der Waals surface area contributed by atoms with E-state index in [9.17, 15) is 4.79 Å². The molecule has 0 unspecified atom stereocenters. The number of rotatable bonds is 7. The van der Waals surface area contributed by atoms with Gasteiger partial charge in [-0.1, -0.05) is 23.4 Å². The second kappa shape index (κ2) is 9.13. The summed E-state index contributed by atoms with van der Waals surface area (Å²) in [4.78, 5) is 15.2. The minimum absolute atomic E-state index is 0.156. The molecule has 0 radical (unpaired) electrons. The number of ether oxygens (including phenoxy) is 1. The Morgan fingerprint density at radius 3 is 2.70 bits per heavy atom. The van der Waals surface area contributed by atoms with E-state index in [4.69, 9.17) is 9.26 Å². The predicted octanol–water partition coefficient (Wildman–Crippen LogP) is 4.72. The molecule has 2 heterocycles. The standard InChI is InChI=1S/C24H27N3O3/c1-17-23(18(2)30-26-17)16-29-22-10-6-8-20(14-22)24(28)25-21-9-5-7-19(13-21)15-27-11-3-4-12-27/h5-10,13-14H,3-4,11-12,15-16H2,1-2H3,(H,25,28). The number of likely N-dealkylation sites (tertiary alicyclic amines) is 1. The Morgan fingerprint density at radius 2 is 1.93 bits per heavy atom. The van der Waals surface area contributed by atoms with E-state index in [0.717, 1.165) is 42.3 Å². The number of nitrogens with zero attached hydrogens (tertiary/aromatic N) is 2. The van der Waals surface area contributed by atoms with Gasteiger partial charge in [-0.2, -0.15) is 0 Å². The number of carbonyl (C=O) groups is 1. The summed E-state index contributed by atoms with van der Waals surface area (Å²) in [5.74, 6) is 1.22. The average molecular weight is 405 g/mol. The lowest BCUT2D eigenvalue weighted by Gasteiger charge is -2.15. The molecule has 3 aromatic rings. The van der Waals surface area contributed by atoms with Gasteiger partial charge in [0, 0.05) is 17.8 Å². The van der Waals surface area contributed by atoms with Gasteiger partial charge < -0.3 is 14.6 Å². The summed E-state index contributed by atoms with van der Waals surface area (Å²) >= 11 is 0. The third-order valence-corrected chi connectivity index (χ3v) is 5.45. The highest BCUT2D eigenvalue weighted by Crippen LogP contribution is 2.20. The van der Waals surface area contributed by atoms with Gasteiger partial charge in [-0.05, 0) is 75.7 Å². The molecule has 1 aliphatic rings. The molecule has 1 aliphatic heterocycles. The van der Waals surface area contributed by atoms with Gasteiger partial charge in [-0.15, -0.1) is 0 Å². The highest BCUT2D eigenvalue weighted by Gasteiger charge is 2.13. The number of hydrogen-bond donors (Lipinski definition) is 1. The lowest BCUT2D eigenvalue weighted by molar-refractivity contribution is 0.102. The molecule has 0 saturated carbocycles. The molecular weight excluding hydrogens is 378 g/mol. The Balaban J connectivity index is 1.39. The fourth-order valence-corrected chi connectivity index (χ4v) is 3.74. The molecule has 1 N–H and O–H groups in total. The number of hydrogen-bond acceptors (Lipinski definition) is 5. The Morgan fingerprint density at radius 1 is 1.13 bits per heavy atom. The summed E-state index contributed by atoms with van der Waals surface area (Å²) in [6.07, 6.45) is 2.54. The molecular formula is C24H27N3O3. The van der Waals surface area contributed by atoms with Crippen molar-refractivity contribution in [1.82, 2.24) is 10.1 Å². The summed E-state index contributed by atoms with van der Waals surface area (Å²) in [6.45, 7) is 7.32. The Labute approximate surface area is 176 Å². The lowest BCUT2D eigenvalue weighted by Crippen LogP contribution is -2.18. The SMILES string of the molecule is Cc1noc(C)c1COc1cccc(C(=O)Nc2cccc(CN3CCCC3)c2)c1. The Bertz CT molecular complexity index is 1000. The van der Waals surface area contributed by atoms with Crippen LogP contribution in [0.3, 0.4) is 0 Å². The number of aromatic nitrogens is 1. The summed E-state index contributed by atoms with van der Waals surface area (Å²) in [5, 5.41) is 6.94. The molecule has 1 saturated heterocycles. The van der Waals surface area contributed by atoms with E-state index in [2.05, 4.69) is 21.4 Å². The Kier molecular flexibility index (Phi) is 6.14. The van der Waals surface area contributed by atoms with Gasteiger partial charge in [-0.3, -0.25) is 9.69 Å². The second-order valence-corrected chi connectivity index (χ2v) is 7.76. The fourth-order valence-electron chi connectivity index (χ4n) is 3.74. The van der Waals surface area contributed by atoms with Gasteiger partial charge in [0.05, 0.1) is 11.3 Å². The van der Waals surface area contributed by atoms with Crippen molar-refractivity contribution >= 4 is 11.6 Å². The van der Waals surface area contributed by atoms with Crippen molar-refractivity contribution in [3.8, 4) is 5.75 Å². The summed E-state index contributed by atoms with van der Waals surface area (Å²) in [7, 11) is 0. The Hall–Kier alpha value is -3.12. The first-order valence-electron chi connectivity index (χ1n) is 10.4. The quantitative estimate of drug-likeness (QED) is 0.616. The maximum atomic E-state index is 12.8. The van der Waals surface area contributed by atoms with Gasteiger partial charge in [0.15, 0.2) is 0 Å². The molecule has 156 valence electrons. The monoisotopic (exact) mass is 405 g/mol. The molecule has 0 spiro atoms. The first-order valence-corrected chi connectivity index (χ1v) is 10.4. The average Bonchev–Trinajstić information content (AvgIpc) is 3.37. The second-order valence-electron chi connectivity index (χ2n) is 7.76. The zero-order valence-corrected chi connectivity index (χ0v) is 17.5. The van der Waals surface area contributed by atoms with Gasteiger partial charge in [-0.25, -0.2) is 0 Å². The highest BCUT2D eigenvalue weighted by molar-refractivity contribution is 6.04. The lowest BCUT2D eigenvalue weighted by atomic mass is 10.1. The van der Waals surface area contributed by atoms with E-state index >= 15 is 0 Å². The van der Waals surface area contributed by atoms with Crippen LogP contribution in [-0.2, 0) is 13.2 Å². The molecule has 30 heavy (non-hydrogen) atoms. The molecule has 4 rings (SSSR count). The van der Waals surface area contributed by atoms with Crippen LogP contribution in [-0.4, -0.2) is 29.1 Å². The summed E-state index contributed by atoms with van der Waals surface area (Å²) < 4.78 is 11.0. The van der Waals surface area contributed by atoms with Crippen LogP contribution < -0.4 is 10.1 Å². The summed E-state index contributed by atoms with van der Waals surface area (Å²) in [6, 6.07) is 15.3. The van der Waals surface area contributed by atoms with E-state index in [0.29, 0.717) is 17.9 Å². The molecule has 0 aliphatic carbocycles. The first-order chi connectivity index (χ1) is 14.6. The van der Waals surface area contributed by atoms with Crippen LogP contribution in [0.15, 0.2) is 53.1 Å². The number of benzene rings is 2. The number of anilines is 1. The van der Waals surface area contributed by atoms with Gasteiger partial charge >= 0.3 is 0 Å². The van der Waals surface area contributed by atoms with Crippen LogP contribution in [0, 0.1) is 13.8 Å². The van der Waals surface area contributed by atoms with Gasteiger partial charge in [0.2, 0.25) is 0 Å².